The van der Waals surface area contributed by atoms with E-state index in [9.17, 15) is 4.79 Å². The van der Waals surface area contributed by atoms with Gasteiger partial charge >= 0.3 is 0 Å². The van der Waals surface area contributed by atoms with Gasteiger partial charge < -0.3 is 10.1 Å². The van der Waals surface area contributed by atoms with E-state index in [4.69, 9.17) is 4.74 Å². The summed E-state index contributed by atoms with van der Waals surface area (Å²) in [5, 5.41) is 4.98. The van der Waals surface area contributed by atoms with Gasteiger partial charge in [-0.1, -0.05) is 29.8 Å². The molecule has 1 atom stereocenters. The highest BCUT2D eigenvalue weighted by Crippen LogP contribution is 2.35. The highest BCUT2D eigenvalue weighted by atomic mass is 79.9. The fourth-order valence-electron chi connectivity index (χ4n) is 3.11. The molecule has 0 radical (unpaired) electrons. The number of amides is 1. The van der Waals surface area contributed by atoms with Crippen LogP contribution in [0.4, 0.5) is 5.69 Å². The summed E-state index contributed by atoms with van der Waals surface area (Å²) in [6, 6.07) is 5.78. The number of nitrogens with one attached hydrogen (secondary N) is 1. The molecular formula is C18H21BrN2O2. The maximum Gasteiger partial charge on any atom is 0.227 e. The normalized spacial score (nSPS) is 20.4. The average Bonchev–Trinajstić information content (AvgIpc) is 2.52. The van der Waals surface area contributed by atoms with Gasteiger partial charge in [0.1, 0.15) is 0 Å². The van der Waals surface area contributed by atoms with Gasteiger partial charge in [-0.15, -0.1) is 0 Å². The quantitative estimate of drug-likeness (QED) is 0.855. The zero-order valence-electron chi connectivity index (χ0n) is 13.4. The Balaban J connectivity index is 1.77. The number of nitrogens with zero attached hydrogens (tertiary/aromatic N) is 1. The van der Waals surface area contributed by atoms with Crippen molar-refractivity contribution in [3.05, 3.63) is 35.1 Å². The summed E-state index contributed by atoms with van der Waals surface area (Å²) in [5.74, 6) is -0.0162. The van der Waals surface area contributed by atoms with Crippen LogP contribution in [0.15, 0.2) is 35.1 Å². The van der Waals surface area contributed by atoms with Gasteiger partial charge in [0, 0.05) is 34.2 Å². The zero-order valence-corrected chi connectivity index (χ0v) is 15.0. The molecule has 0 spiro atoms. The van der Waals surface area contributed by atoms with Crippen LogP contribution in [0.3, 0.4) is 0 Å². The molecule has 0 bridgehead atoms. The van der Waals surface area contributed by atoms with Gasteiger partial charge in [0.05, 0.1) is 18.2 Å². The summed E-state index contributed by atoms with van der Waals surface area (Å²) in [4.78, 5) is 16.6. The van der Waals surface area contributed by atoms with Crippen LogP contribution in [0.25, 0.3) is 10.8 Å². The summed E-state index contributed by atoms with van der Waals surface area (Å²) in [5.41, 5.74) is 0.828. The number of fused-ring (bicyclic) bond motifs is 1. The Morgan fingerprint density at radius 3 is 3.00 bits per heavy atom. The number of hydrogen-bond acceptors (Lipinski definition) is 3. The molecule has 23 heavy (non-hydrogen) atoms. The second-order valence-electron chi connectivity index (χ2n) is 6.72. The smallest absolute Gasteiger partial charge is 0.227 e. The molecule has 1 fully saturated rings. The van der Waals surface area contributed by atoms with Gasteiger partial charge in [0.15, 0.2) is 0 Å². The van der Waals surface area contributed by atoms with E-state index in [1.54, 1.807) is 12.4 Å². The van der Waals surface area contributed by atoms with Crippen molar-refractivity contribution in [2.45, 2.75) is 39.2 Å². The van der Waals surface area contributed by atoms with Crippen LogP contribution in [0.2, 0.25) is 0 Å². The van der Waals surface area contributed by atoms with E-state index in [-0.39, 0.29) is 17.4 Å². The van der Waals surface area contributed by atoms with E-state index in [1.807, 2.05) is 18.2 Å². The Labute approximate surface area is 144 Å². The van der Waals surface area contributed by atoms with Crippen LogP contribution in [0, 0.1) is 5.41 Å². The number of carbonyl (C=O) groups excluding carboxylic acids is 1. The van der Waals surface area contributed by atoms with Crippen molar-refractivity contribution in [2.24, 2.45) is 5.41 Å². The number of pyridine rings is 1. The number of hydrogen-bond donors (Lipinski definition) is 1. The van der Waals surface area contributed by atoms with Crippen LogP contribution in [0.1, 0.15) is 33.1 Å². The summed E-state index contributed by atoms with van der Waals surface area (Å²) < 4.78 is 6.82. The summed E-state index contributed by atoms with van der Waals surface area (Å²) >= 11 is 3.53. The van der Waals surface area contributed by atoms with Crippen molar-refractivity contribution in [2.75, 3.05) is 11.9 Å². The predicted molar refractivity (Wildman–Crippen MR) is 95.4 cm³/mol. The van der Waals surface area contributed by atoms with E-state index in [2.05, 4.69) is 40.1 Å². The topological polar surface area (TPSA) is 51.2 Å². The number of halogens is 1. The molecule has 0 saturated carbocycles. The molecule has 5 heteroatoms. The molecule has 0 aliphatic carbocycles. The van der Waals surface area contributed by atoms with Crippen LogP contribution in [-0.2, 0) is 9.53 Å². The van der Waals surface area contributed by atoms with Gasteiger partial charge in [-0.05, 0) is 36.5 Å². The number of ether oxygens (including phenoxy) is 1. The third-order valence-electron chi connectivity index (χ3n) is 4.57. The van der Waals surface area contributed by atoms with Gasteiger partial charge in [-0.3, -0.25) is 9.78 Å². The molecule has 1 aromatic carbocycles. The molecule has 1 N–H and O–H groups in total. The monoisotopic (exact) mass is 376 g/mol. The molecule has 1 amide bonds. The third kappa shape index (κ3) is 3.56. The van der Waals surface area contributed by atoms with Crippen LogP contribution >= 0.6 is 15.9 Å². The van der Waals surface area contributed by atoms with Gasteiger partial charge in [0.25, 0.3) is 0 Å². The second-order valence-corrected chi connectivity index (χ2v) is 7.57. The first-order chi connectivity index (χ1) is 11.0. The summed E-state index contributed by atoms with van der Waals surface area (Å²) in [6.07, 6.45) is 6.03. The Kier molecular flexibility index (Phi) is 4.69. The van der Waals surface area contributed by atoms with Crippen molar-refractivity contribution in [1.29, 1.82) is 0 Å². The Morgan fingerprint density at radius 2 is 2.22 bits per heavy atom. The first-order valence-electron chi connectivity index (χ1n) is 7.91. The lowest BCUT2D eigenvalue weighted by molar-refractivity contribution is -0.125. The molecule has 1 unspecified atom stereocenters. The minimum absolute atomic E-state index is 0.0162. The van der Waals surface area contributed by atoms with E-state index in [1.165, 1.54) is 0 Å². The minimum Gasteiger partial charge on any atom is -0.377 e. The van der Waals surface area contributed by atoms with Gasteiger partial charge in [0.2, 0.25) is 5.91 Å². The molecule has 1 aliphatic heterocycles. The Bertz CT molecular complexity index is 730. The van der Waals surface area contributed by atoms with E-state index >= 15 is 0 Å². The minimum atomic E-state index is -0.0314. The molecule has 4 nitrogen and oxygen atoms in total. The first kappa shape index (κ1) is 16.4. The fourth-order valence-corrected chi connectivity index (χ4v) is 3.59. The SMILES string of the molecule is CC1(C)CCCOC1CC(=O)Nc1ccc(Br)c2ccncc12. The molecule has 1 saturated heterocycles. The first-order valence-corrected chi connectivity index (χ1v) is 8.70. The van der Waals surface area contributed by atoms with Crippen molar-refractivity contribution < 1.29 is 9.53 Å². The second kappa shape index (κ2) is 6.57. The number of aromatic nitrogens is 1. The predicted octanol–water partition coefficient (Wildman–Crippen LogP) is 4.53. The molecule has 3 rings (SSSR count). The van der Waals surface area contributed by atoms with E-state index < -0.39 is 0 Å². The fraction of sp³-hybridized carbons (Fsp3) is 0.444. The highest BCUT2D eigenvalue weighted by molar-refractivity contribution is 9.10. The number of anilines is 1. The van der Waals surface area contributed by atoms with Crippen molar-refractivity contribution in [3.8, 4) is 0 Å². The number of rotatable bonds is 3. The zero-order chi connectivity index (χ0) is 16.4. The van der Waals surface area contributed by atoms with Gasteiger partial charge in [-0.25, -0.2) is 0 Å². The van der Waals surface area contributed by atoms with Crippen molar-refractivity contribution >= 4 is 38.3 Å². The Morgan fingerprint density at radius 1 is 1.39 bits per heavy atom. The Hall–Kier alpha value is -1.46. The standard InChI is InChI=1S/C18H21BrN2O2/c1-18(2)7-3-9-23-16(18)10-17(22)21-15-5-4-14(19)12-6-8-20-11-13(12)15/h4-6,8,11,16H,3,7,9-10H2,1-2H3,(H,21,22). The van der Waals surface area contributed by atoms with Crippen LogP contribution in [-0.4, -0.2) is 23.6 Å². The average molecular weight is 377 g/mol. The highest BCUT2D eigenvalue weighted by Gasteiger charge is 2.34. The maximum absolute atomic E-state index is 12.5. The summed E-state index contributed by atoms with van der Waals surface area (Å²) in [6.45, 7) is 5.08. The van der Waals surface area contributed by atoms with Crippen molar-refractivity contribution in [1.82, 2.24) is 4.98 Å². The molecule has 2 aromatic rings. The lowest BCUT2D eigenvalue weighted by Crippen LogP contribution is -2.39. The van der Waals surface area contributed by atoms with Crippen molar-refractivity contribution in [3.63, 3.8) is 0 Å². The number of carbonyl (C=O) groups is 1. The van der Waals surface area contributed by atoms with Crippen LogP contribution in [0.5, 0.6) is 0 Å². The van der Waals surface area contributed by atoms with Crippen LogP contribution < -0.4 is 5.32 Å². The van der Waals surface area contributed by atoms with Gasteiger partial charge in [-0.2, -0.15) is 0 Å². The largest absolute Gasteiger partial charge is 0.377 e. The van der Waals surface area contributed by atoms with E-state index in [0.29, 0.717) is 6.42 Å². The molecule has 122 valence electrons. The summed E-state index contributed by atoms with van der Waals surface area (Å²) in [7, 11) is 0. The molecular weight excluding hydrogens is 356 g/mol. The third-order valence-corrected chi connectivity index (χ3v) is 5.26. The molecule has 1 aliphatic rings. The maximum atomic E-state index is 12.5. The lowest BCUT2D eigenvalue weighted by Gasteiger charge is -2.38. The van der Waals surface area contributed by atoms with E-state index in [0.717, 1.165) is 40.4 Å². The molecule has 2 heterocycles. The molecule has 1 aromatic heterocycles. The lowest BCUT2D eigenvalue weighted by atomic mass is 9.79. The number of benzene rings is 1.